The predicted octanol–water partition coefficient (Wildman–Crippen LogP) is 2.93. The quantitative estimate of drug-likeness (QED) is 0.669. The molecule has 0 unspecified atom stereocenters. The van der Waals surface area contributed by atoms with Crippen molar-refractivity contribution in [3.63, 3.8) is 0 Å². The summed E-state index contributed by atoms with van der Waals surface area (Å²) in [6, 6.07) is 6.54. The normalized spacial score (nSPS) is 10.3. The third-order valence-electron chi connectivity index (χ3n) is 4.04. The lowest BCUT2D eigenvalue weighted by molar-refractivity contribution is 0.0951. The maximum absolute atomic E-state index is 12.5. The highest BCUT2D eigenvalue weighted by atomic mass is 35.5. The van der Waals surface area contributed by atoms with Gasteiger partial charge in [0.1, 0.15) is 23.0 Å². The highest BCUT2D eigenvalue weighted by Crippen LogP contribution is 2.34. The van der Waals surface area contributed by atoms with Crippen LogP contribution in [0.15, 0.2) is 24.3 Å². The van der Waals surface area contributed by atoms with Crippen LogP contribution in [-0.4, -0.2) is 40.9 Å². The fourth-order valence-electron chi connectivity index (χ4n) is 2.64. The molecule has 0 aliphatic rings. The first-order valence-corrected chi connectivity index (χ1v) is 8.53. The van der Waals surface area contributed by atoms with Crippen molar-refractivity contribution in [2.24, 2.45) is 0 Å². The number of carbonyl (C=O) groups is 1. The van der Waals surface area contributed by atoms with Gasteiger partial charge in [-0.3, -0.25) is 4.79 Å². The molecule has 0 spiro atoms. The minimum absolute atomic E-state index is 0.291. The Morgan fingerprint density at radius 3 is 2.07 bits per heavy atom. The summed E-state index contributed by atoms with van der Waals surface area (Å²) in [7, 11) is 6.17. The number of halogens is 1. The van der Waals surface area contributed by atoms with Crippen molar-refractivity contribution < 1.29 is 23.7 Å². The highest BCUT2D eigenvalue weighted by molar-refractivity contribution is 6.33. The molecule has 2 aromatic rings. The van der Waals surface area contributed by atoms with E-state index in [4.69, 9.17) is 36.3 Å². The van der Waals surface area contributed by atoms with Crippen molar-refractivity contribution in [3.05, 3.63) is 40.4 Å². The lowest BCUT2D eigenvalue weighted by atomic mass is 10.1. The molecule has 0 fully saturated rings. The zero-order valence-corrected chi connectivity index (χ0v) is 16.5. The number of hydrogen-bond donors (Lipinski definition) is 2. The van der Waals surface area contributed by atoms with E-state index < -0.39 is 0 Å². The summed E-state index contributed by atoms with van der Waals surface area (Å²) in [6.07, 6.45) is 0.493. The van der Waals surface area contributed by atoms with Gasteiger partial charge in [0.15, 0.2) is 0 Å². The zero-order chi connectivity index (χ0) is 20.0. The van der Waals surface area contributed by atoms with Gasteiger partial charge in [-0.1, -0.05) is 11.6 Å². The largest absolute Gasteiger partial charge is 0.496 e. The van der Waals surface area contributed by atoms with Gasteiger partial charge >= 0.3 is 0 Å². The van der Waals surface area contributed by atoms with Gasteiger partial charge in [0.2, 0.25) is 0 Å². The van der Waals surface area contributed by atoms with Crippen LogP contribution < -0.4 is 30.0 Å². The number of methoxy groups -OCH3 is 4. The third kappa shape index (κ3) is 4.68. The number of nitrogens with two attached hydrogens (primary N) is 1. The minimum atomic E-state index is -0.319. The number of rotatable bonds is 8. The topological polar surface area (TPSA) is 92.0 Å². The SMILES string of the molecule is COc1cc(OC)c(CCNC(=O)c2cc(Cl)c(N)cc2OC)c(OC)c1. The van der Waals surface area contributed by atoms with Gasteiger partial charge in [0.25, 0.3) is 5.91 Å². The molecule has 8 heteroatoms. The van der Waals surface area contributed by atoms with Crippen molar-refractivity contribution >= 4 is 23.2 Å². The van der Waals surface area contributed by atoms with Crippen LogP contribution in [-0.2, 0) is 6.42 Å². The van der Waals surface area contributed by atoms with Crippen LogP contribution in [0.5, 0.6) is 23.0 Å². The Bertz CT molecular complexity index is 801. The van der Waals surface area contributed by atoms with E-state index >= 15 is 0 Å². The number of anilines is 1. The Labute approximate surface area is 163 Å². The van der Waals surface area contributed by atoms with E-state index in [1.54, 1.807) is 33.5 Å². The number of ether oxygens (including phenoxy) is 4. The molecule has 2 aromatic carbocycles. The van der Waals surface area contributed by atoms with E-state index in [1.807, 2.05) is 0 Å². The lowest BCUT2D eigenvalue weighted by Gasteiger charge is -2.16. The van der Waals surface area contributed by atoms with Gasteiger partial charge in [-0.2, -0.15) is 0 Å². The van der Waals surface area contributed by atoms with Crippen LogP contribution in [0.3, 0.4) is 0 Å². The van der Waals surface area contributed by atoms with Gasteiger partial charge < -0.3 is 30.0 Å². The second-order valence-electron chi connectivity index (χ2n) is 5.59. The van der Waals surface area contributed by atoms with Gasteiger partial charge in [0.05, 0.1) is 44.7 Å². The molecular weight excluding hydrogens is 372 g/mol. The highest BCUT2D eigenvalue weighted by Gasteiger charge is 2.17. The molecule has 0 saturated heterocycles. The molecule has 0 bridgehead atoms. The summed E-state index contributed by atoms with van der Waals surface area (Å²) in [6.45, 7) is 0.350. The van der Waals surface area contributed by atoms with E-state index in [9.17, 15) is 4.79 Å². The summed E-state index contributed by atoms with van der Waals surface area (Å²) in [5.41, 5.74) is 7.23. The monoisotopic (exact) mass is 394 g/mol. The van der Waals surface area contributed by atoms with Gasteiger partial charge in [-0.05, 0) is 12.5 Å². The number of benzene rings is 2. The maximum Gasteiger partial charge on any atom is 0.255 e. The van der Waals surface area contributed by atoms with E-state index in [2.05, 4.69) is 5.32 Å². The molecule has 0 aliphatic carbocycles. The number of hydrogen-bond acceptors (Lipinski definition) is 6. The van der Waals surface area contributed by atoms with Crippen LogP contribution in [0.4, 0.5) is 5.69 Å². The van der Waals surface area contributed by atoms with Crippen molar-refractivity contribution in [3.8, 4) is 23.0 Å². The Morgan fingerprint density at radius 2 is 1.56 bits per heavy atom. The summed E-state index contributed by atoms with van der Waals surface area (Å²) < 4.78 is 21.3. The summed E-state index contributed by atoms with van der Waals surface area (Å²) in [5, 5.41) is 3.13. The first-order chi connectivity index (χ1) is 12.9. The molecule has 1 amide bonds. The average Bonchev–Trinajstić information content (AvgIpc) is 2.69. The second-order valence-corrected chi connectivity index (χ2v) is 6.00. The molecule has 0 aromatic heterocycles. The Kier molecular flexibility index (Phi) is 7.01. The van der Waals surface area contributed by atoms with Crippen molar-refractivity contribution in [2.75, 3.05) is 40.7 Å². The van der Waals surface area contributed by atoms with E-state index in [-0.39, 0.29) is 5.91 Å². The molecule has 146 valence electrons. The van der Waals surface area contributed by atoms with Crippen molar-refractivity contribution in [2.45, 2.75) is 6.42 Å². The Hall–Kier alpha value is -2.80. The van der Waals surface area contributed by atoms with E-state index in [0.29, 0.717) is 52.2 Å². The van der Waals surface area contributed by atoms with Crippen LogP contribution in [0.2, 0.25) is 5.02 Å². The fourth-order valence-corrected chi connectivity index (χ4v) is 2.80. The molecule has 27 heavy (non-hydrogen) atoms. The van der Waals surface area contributed by atoms with Crippen LogP contribution in [0.1, 0.15) is 15.9 Å². The lowest BCUT2D eigenvalue weighted by Crippen LogP contribution is -2.26. The maximum atomic E-state index is 12.5. The van der Waals surface area contributed by atoms with Gasteiger partial charge in [-0.25, -0.2) is 0 Å². The number of carbonyl (C=O) groups excluding carboxylic acids is 1. The summed E-state index contributed by atoms with van der Waals surface area (Å²) >= 11 is 6.02. The molecule has 0 heterocycles. The Morgan fingerprint density at radius 1 is 0.963 bits per heavy atom. The predicted molar refractivity (Wildman–Crippen MR) is 105 cm³/mol. The van der Waals surface area contributed by atoms with E-state index in [0.717, 1.165) is 5.56 Å². The van der Waals surface area contributed by atoms with Crippen LogP contribution >= 0.6 is 11.6 Å². The molecule has 0 saturated carbocycles. The smallest absolute Gasteiger partial charge is 0.255 e. The second kappa shape index (κ2) is 9.23. The fraction of sp³-hybridized carbons (Fsp3) is 0.316. The molecule has 3 N–H and O–H groups in total. The van der Waals surface area contributed by atoms with Gasteiger partial charge in [0, 0.05) is 30.3 Å². The molecule has 7 nitrogen and oxygen atoms in total. The molecule has 0 aliphatic heterocycles. The molecule has 0 atom stereocenters. The average molecular weight is 395 g/mol. The zero-order valence-electron chi connectivity index (χ0n) is 15.7. The van der Waals surface area contributed by atoms with Crippen molar-refractivity contribution in [1.82, 2.24) is 5.32 Å². The van der Waals surface area contributed by atoms with Crippen LogP contribution in [0, 0.1) is 0 Å². The first kappa shape index (κ1) is 20.5. The van der Waals surface area contributed by atoms with Gasteiger partial charge in [-0.15, -0.1) is 0 Å². The number of nitrogens with one attached hydrogen (secondary N) is 1. The molecule has 2 rings (SSSR count). The standard InChI is InChI=1S/C19H23ClN2O5/c1-24-11-7-16(25-2)12(17(8-11)26-3)5-6-22-19(23)13-9-14(20)15(21)10-18(13)27-4/h7-10H,5-6,21H2,1-4H3,(H,22,23). The first-order valence-electron chi connectivity index (χ1n) is 8.15. The molecular formula is C19H23ClN2O5. The molecule has 0 radical (unpaired) electrons. The summed E-state index contributed by atoms with van der Waals surface area (Å²) in [5.74, 6) is 1.90. The third-order valence-corrected chi connectivity index (χ3v) is 4.37. The number of nitrogen functional groups attached to an aromatic ring is 1. The van der Waals surface area contributed by atoms with Crippen LogP contribution in [0.25, 0.3) is 0 Å². The Balaban J connectivity index is 2.15. The van der Waals surface area contributed by atoms with E-state index in [1.165, 1.54) is 19.2 Å². The summed E-state index contributed by atoms with van der Waals surface area (Å²) in [4.78, 5) is 12.5. The number of amides is 1. The minimum Gasteiger partial charge on any atom is -0.496 e. The van der Waals surface area contributed by atoms with Crippen molar-refractivity contribution in [1.29, 1.82) is 0 Å².